The van der Waals surface area contributed by atoms with Gasteiger partial charge >= 0.3 is 0 Å². The second-order valence-electron chi connectivity index (χ2n) is 4.46. The van der Waals surface area contributed by atoms with E-state index in [4.69, 9.17) is 21.1 Å². The molecule has 5 nitrogen and oxygen atoms in total. The topological polar surface area (TPSA) is 47.5 Å². The molecule has 0 radical (unpaired) electrons. The summed E-state index contributed by atoms with van der Waals surface area (Å²) < 4.78 is 10.8. The second-order valence-corrected chi connectivity index (χ2v) is 4.82. The maximum atomic E-state index is 6.17. The van der Waals surface area contributed by atoms with Gasteiger partial charge in [-0.3, -0.25) is 0 Å². The van der Waals surface area contributed by atoms with Crippen LogP contribution in [0.4, 0.5) is 5.82 Å². The van der Waals surface area contributed by atoms with Gasteiger partial charge in [0.25, 0.3) is 0 Å². The molecule has 1 fully saturated rings. The lowest BCUT2D eigenvalue weighted by Crippen LogP contribution is -2.27. The number of halogens is 1. The fourth-order valence-electron chi connectivity index (χ4n) is 2.13. The van der Waals surface area contributed by atoms with Gasteiger partial charge in [0.15, 0.2) is 11.0 Å². The van der Waals surface area contributed by atoms with Crippen molar-refractivity contribution >= 4 is 17.4 Å². The number of aromatic nitrogens is 2. The molecule has 0 aromatic carbocycles. The quantitative estimate of drug-likeness (QED) is 0.836. The molecule has 1 aliphatic heterocycles. The minimum Gasteiger partial charge on any atom is -0.377 e. The summed E-state index contributed by atoms with van der Waals surface area (Å²) >= 11 is 6.17. The lowest BCUT2D eigenvalue weighted by atomic mass is 10.3. The van der Waals surface area contributed by atoms with E-state index in [2.05, 4.69) is 14.9 Å². The lowest BCUT2D eigenvalue weighted by molar-refractivity contribution is -0.00461. The van der Waals surface area contributed by atoms with Crippen molar-refractivity contribution in [3.8, 4) is 0 Å². The molecule has 1 aliphatic rings. The van der Waals surface area contributed by atoms with Crippen LogP contribution in [-0.2, 0) is 9.47 Å². The fraction of sp³-hybridized carbons (Fsp3) is 0.667. The maximum Gasteiger partial charge on any atom is 0.171 e. The molecule has 100 valence electrons. The summed E-state index contributed by atoms with van der Waals surface area (Å²) in [5, 5.41) is 0.435. The Balaban J connectivity index is 2.25. The van der Waals surface area contributed by atoms with E-state index in [1.807, 2.05) is 13.8 Å². The molecule has 0 spiro atoms. The van der Waals surface area contributed by atoms with E-state index >= 15 is 0 Å². The first-order chi connectivity index (χ1) is 8.56. The minimum absolute atomic E-state index is 0.0366. The Morgan fingerprint density at radius 3 is 2.06 bits per heavy atom. The minimum atomic E-state index is 0.0366. The standard InChI is InChI=1S/C12H18ClN3O2/c1-7-8(2)15-12(11(13)14-7)16-5-9(17-3)10(6-16)18-4/h9-10H,5-6H2,1-4H3. The van der Waals surface area contributed by atoms with Gasteiger partial charge in [0.05, 0.1) is 11.4 Å². The van der Waals surface area contributed by atoms with Gasteiger partial charge in [0.1, 0.15) is 12.2 Å². The molecule has 1 aromatic rings. The third-order valence-corrected chi connectivity index (χ3v) is 3.62. The van der Waals surface area contributed by atoms with E-state index < -0.39 is 0 Å². The van der Waals surface area contributed by atoms with E-state index in [1.54, 1.807) is 14.2 Å². The molecule has 1 saturated heterocycles. The van der Waals surface area contributed by atoms with E-state index in [9.17, 15) is 0 Å². The van der Waals surface area contributed by atoms with Crippen molar-refractivity contribution in [2.24, 2.45) is 0 Å². The predicted octanol–water partition coefficient (Wildman–Crippen LogP) is 1.60. The summed E-state index contributed by atoms with van der Waals surface area (Å²) in [5.41, 5.74) is 1.75. The molecule has 0 bridgehead atoms. The molecule has 2 heterocycles. The Hall–Kier alpha value is -0.910. The number of ether oxygens (including phenoxy) is 2. The zero-order valence-electron chi connectivity index (χ0n) is 11.1. The van der Waals surface area contributed by atoms with Crippen molar-refractivity contribution in [3.05, 3.63) is 16.5 Å². The first-order valence-corrected chi connectivity index (χ1v) is 6.26. The van der Waals surface area contributed by atoms with E-state index in [0.29, 0.717) is 24.1 Å². The van der Waals surface area contributed by atoms with E-state index in [1.165, 1.54) is 0 Å². The third-order valence-electron chi connectivity index (χ3n) is 3.37. The molecule has 2 unspecified atom stereocenters. The Morgan fingerprint density at radius 1 is 1.06 bits per heavy atom. The number of anilines is 1. The van der Waals surface area contributed by atoms with Crippen molar-refractivity contribution in [2.75, 3.05) is 32.2 Å². The highest BCUT2D eigenvalue weighted by atomic mass is 35.5. The molecule has 0 aliphatic carbocycles. The van der Waals surface area contributed by atoms with E-state index in [0.717, 1.165) is 11.4 Å². The van der Waals surface area contributed by atoms with Gasteiger partial charge in [-0.05, 0) is 13.8 Å². The van der Waals surface area contributed by atoms with Crippen LogP contribution in [0.15, 0.2) is 0 Å². The molecule has 2 rings (SSSR count). The van der Waals surface area contributed by atoms with Crippen molar-refractivity contribution in [1.29, 1.82) is 0 Å². The Bertz CT molecular complexity index is 430. The molecular weight excluding hydrogens is 254 g/mol. The van der Waals surface area contributed by atoms with Crippen LogP contribution in [0.25, 0.3) is 0 Å². The van der Waals surface area contributed by atoms with Crippen molar-refractivity contribution < 1.29 is 9.47 Å². The summed E-state index contributed by atoms with van der Waals surface area (Å²) in [6, 6.07) is 0. The van der Waals surface area contributed by atoms with Gasteiger partial charge in [-0.25, -0.2) is 9.97 Å². The number of aryl methyl sites for hydroxylation is 2. The molecule has 0 amide bonds. The molecule has 1 aromatic heterocycles. The first-order valence-electron chi connectivity index (χ1n) is 5.88. The zero-order valence-corrected chi connectivity index (χ0v) is 11.9. The van der Waals surface area contributed by atoms with Crippen LogP contribution in [0.2, 0.25) is 5.15 Å². The van der Waals surface area contributed by atoms with Crippen LogP contribution in [0, 0.1) is 13.8 Å². The molecule has 6 heteroatoms. The van der Waals surface area contributed by atoms with Gasteiger partial charge in [0, 0.05) is 27.3 Å². The average Bonchev–Trinajstić information content (AvgIpc) is 2.76. The highest BCUT2D eigenvalue weighted by Gasteiger charge is 2.34. The van der Waals surface area contributed by atoms with Crippen LogP contribution < -0.4 is 4.90 Å². The number of methoxy groups -OCH3 is 2. The van der Waals surface area contributed by atoms with Gasteiger partial charge in [-0.15, -0.1) is 0 Å². The highest BCUT2D eigenvalue weighted by Crippen LogP contribution is 2.27. The molecule has 0 saturated carbocycles. The van der Waals surface area contributed by atoms with Gasteiger partial charge < -0.3 is 14.4 Å². The number of rotatable bonds is 3. The monoisotopic (exact) mass is 271 g/mol. The zero-order chi connectivity index (χ0) is 13.3. The molecule has 2 atom stereocenters. The highest BCUT2D eigenvalue weighted by molar-refractivity contribution is 6.31. The predicted molar refractivity (Wildman–Crippen MR) is 70.3 cm³/mol. The lowest BCUT2D eigenvalue weighted by Gasteiger charge is -2.18. The summed E-state index contributed by atoms with van der Waals surface area (Å²) in [6.07, 6.45) is 0.0731. The van der Waals surface area contributed by atoms with Crippen LogP contribution in [0.5, 0.6) is 0 Å². The molecule has 18 heavy (non-hydrogen) atoms. The smallest absolute Gasteiger partial charge is 0.171 e. The van der Waals surface area contributed by atoms with Crippen molar-refractivity contribution in [3.63, 3.8) is 0 Å². The second kappa shape index (κ2) is 5.38. The number of hydrogen-bond donors (Lipinski definition) is 0. The summed E-state index contributed by atoms with van der Waals surface area (Å²) in [7, 11) is 3.38. The number of nitrogens with zero attached hydrogens (tertiary/aromatic N) is 3. The Kier molecular flexibility index (Phi) is 4.04. The largest absolute Gasteiger partial charge is 0.377 e. The Morgan fingerprint density at radius 2 is 1.56 bits per heavy atom. The van der Waals surface area contributed by atoms with Crippen molar-refractivity contribution in [1.82, 2.24) is 9.97 Å². The first kappa shape index (κ1) is 13.5. The summed E-state index contributed by atoms with van der Waals surface area (Å²) in [6.45, 7) is 5.26. The average molecular weight is 272 g/mol. The van der Waals surface area contributed by atoms with E-state index in [-0.39, 0.29) is 12.2 Å². The third kappa shape index (κ3) is 2.43. The van der Waals surface area contributed by atoms with Gasteiger partial charge in [-0.1, -0.05) is 11.6 Å². The fourth-order valence-corrected chi connectivity index (χ4v) is 2.42. The summed E-state index contributed by atoms with van der Waals surface area (Å²) in [4.78, 5) is 10.9. The maximum absolute atomic E-state index is 6.17. The van der Waals surface area contributed by atoms with Crippen LogP contribution in [0.3, 0.4) is 0 Å². The molecule has 0 N–H and O–H groups in total. The number of hydrogen-bond acceptors (Lipinski definition) is 5. The SMILES string of the molecule is COC1CN(c2nc(C)c(C)nc2Cl)CC1OC. The molecular formula is C12H18ClN3O2. The normalized spacial score (nSPS) is 23.7. The van der Waals surface area contributed by atoms with Crippen molar-refractivity contribution in [2.45, 2.75) is 26.1 Å². The Labute approximate surface area is 112 Å². The van der Waals surface area contributed by atoms with Crippen LogP contribution in [-0.4, -0.2) is 49.5 Å². The van der Waals surface area contributed by atoms with Gasteiger partial charge in [0.2, 0.25) is 0 Å². The summed E-state index contributed by atoms with van der Waals surface area (Å²) in [5.74, 6) is 0.710. The van der Waals surface area contributed by atoms with Gasteiger partial charge in [-0.2, -0.15) is 0 Å². The van der Waals surface area contributed by atoms with Crippen LogP contribution in [0.1, 0.15) is 11.4 Å². The van der Waals surface area contributed by atoms with Crippen LogP contribution >= 0.6 is 11.6 Å².